The van der Waals surface area contributed by atoms with E-state index >= 15 is 0 Å². The molecule has 1 saturated heterocycles. The summed E-state index contributed by atoms with van der Waals surface area (Å²) in [5, 5.41) is 9.14. The van der Waals surface area contributed by atoms with Crippen molar-refractivity contribution in [2.24, 2.45) is 0 Å². The first-order valence-electron chi connectivity index (χ1n) is 7.02. The molecule has 0 bridgehead atoms. The Bertz CT molecular complexity index is 539. The number of halogens is 3. The van der Waals surface area contributed by atoms with E-state index in [1.165, 1.54) is 22.9 Å². The predicted octanol–water partition coefficient (Wildman–Crippen LogP) is 1.49. The van der Waals surface area contributed by atoms with E-state index in [0.717, 1.165) is 0 Å². The van der Waals surface area contributed by atoms with Crippen molar-refractivity contribution < 1.29 is 23.1 Å². The van der Waals surface area contributed by atoms with Gasteiger partial charge < -0.3 is 10.0 Å². The Labute approximate surface area is 127 Å². The summed E-state index contributed by atoms with van der Waals surface area (Å²) >= 11 is 0. The first-order chi connectivity index (χ1) is 10.3. The van der Waals surface area contributed by atoms with Crippen LogP contribution in [0.4, 0.5) is 13.2 Å². The molecule has 1 fully saturated rings. The molecule has 4 nitrogen and oxygen atoms in total. The van der Waals surface area contributed by atoms with Crippen molar-refractivity contribution in [3.63, 3.8) is 0 Å². The number of carbonyl (C=O) groups excluding carboxylic acids is 1. The van der Waals surface area contributed by atoms with Crippen molar-refractivity contribution in [1.29, 1.82) is 0 Å². The van der Waals surface area contributed by atoms with Gasteiger partial charge in [0.15, 0.2) is 0 Å². The van der Waals surface area contributed by atoms with E-state index in [1.807, 2.05) is 0 Å². The topological polar surface area (TPSA) is 43.8 Å². The fourth-order valence-corrected chi connectivity index (χ4v) is 2.59. The highest BCUT2D eigenvalue weighted by Crippen LogP contribution is 2.31. The maximum atomic E-state index is 13.6. The van der Waals surface area contributed by atoms with Gasteiger partial charge in [-0.25, -0.2) is 13.2 Å². The third-order valence-electron chi connectivity index (χ3n) is 3.83. The predicted molar refractivity (Wildman–Crippen MR) is 74.9 cm³/mol. The summed E-state index contributed by atoms with van der Waals surface area (Å²) < 4.78 is 40.3. The Morgan fingerprint density at radius 3 is 2.77 bits per heavy atom. The van der Waals surface area contributed by atoms with Crippen molar-refractivity contribution in [1.82, 2.24) is 9.80 Å². The van der Waals surface area contributed by atoms with Crippen LogP contribution in [0.5, 0.6) is 0 Å². The van der Waals surface area contributed by atoms with Gasteiger partial charge >= 0.3 is 0 Å². The second-order valence-corrected chi connectivity index (χ2v) is 5.64. The molecule has 0 spiro atoms. The van der Waals surface area contributed by atoms with Crippen LogP contribution < -0.4 is 0 Å². The first kappa shape index (κ1) is 16.8. The van der Waals surface area contributed by atoms with Crippen molar-refractivity contribution in [2.45, 2.75) is 24.9 Å². The zero-order valence-electron chi connectivity index (χ0n) is 12.3. The summed E-state index contributed by atoms with van der Waals surface area (Å²) in [7, 11) is 1.50. The summed E-state index contributed by atoms with van der Waals surface area (Å²) in [5.74, 6) is -3.69. The fourth-order valence-electron chi connectivity index (χ4n) is 2.59. The van der Waals surface area contributed by atoms with Gasteiger partial charge in [0.1, 0.15) is 5.82 Å². The minimum Gasteiger partial charge on any atom is -0.395 e. The lowest BCUT2D eigenvalue weighted by Crippen LogP contribution is -2.42. The van der Waals surface area contributed by atoms with E-state index < -0.39 is 37.4 Å². The number of hydrogen-bond donors (Lipinski definition) is 1. The van der Waals surface area contributed by atoms with E-state index in [9.17, 15) is 18.0 Å². The second-order valence-electron chi connectivity index (χ2n) is 5.64. The Morgan fingerprint density at radius 2 is 2.14 bits per heavy atom. The molecule has 0 aliphatic carbocycles. The quantitative estimate of drug-likeness (QED) is 0.895. The molecule has 1 atom stereocenters. The molecule has 1 aromatic carbocycles. The minimum atomic E-state index is -2.89. The summed E-state index contributed by atoms with van der Waals surface area (Å²) in [4.78, 5) is 14.7. The normalized spacial score (nSPS) is 21.0. The Hall–Kier alpha value is -1.60. The van der Waals surface area contributed by atoms with Crippen molar-refractivity contribution >= 4 is 5.91 Å². The standard InChI is InChI=1S/C15H19F3N2O2/c1-19(7-11-4-2-3-5-13(11)16)14(22)8-20-10-15(17,18)6-12(20)9-21/h2-5,12,21H,6-10H2,1H3. The summed E-state index contributed by atoms with van der Waals surface area (Å²) in [6, 6.07) is 5.37. The highest BCUT2D eigenvalue weighted by molar-refractivity contribution is 5.78. The largest absolute Gasteiger partial charge is 0.395 e. The molecule has 1 N–H and O–H groups in total. The van der Waals surface area contributed by atoms with E-state index in [-0.39, 0.29) is 19.0 Å². The van der Waals surface area contributed by atoms with Crippen LogP contribution in [-0.2, 0) is 11.3 Å². The van der Waals surface area contributed by atoms with Crippen LogP contribution in [0.25, 0.3) is 0 Å². The number of alkyl halides is 2. The van der Waals surface area contributed by atoms with Crippen LogP contribution in [0.15, 0.2) is 24.3 Å². The van der Waals surface area contributed by atoms with Gasteiger partial charge in [-0.15, -0.1) is 0 Å². The highest BCUT2D eigenvalue weighted by Gasteiger charge is 2.45. The number of amides is 1. The van der Waals surface area contributed by atoms with Gasteiger partial charge in [-0.05, 0) is 6.07 Å². The number of likely N-dealkylation sites (N-methyl/N-ethyl adjacent to an activating group) is 1. The molecule has 22 heavy (non-hydrogen) atoms. The van der Waals surface area contributed by atoms with Crippen molar-refractivity contribution in [3.05, 3.63) is 35.6 Å². The average Bonchev–Trinajstić information content (AvgIpc) is 2.75. The van der Waals surface area contributed by atoms with E-state index in [4.69, 9.17) is 5.11 Å². The van der Waals surface area contributed by atoms with E-state index in [0.29, 0.717) is 5.56 Å². The fraction of sp³-hybridized carbons (Fsp3) is 0.533. The zero-order valence-corrected chi connectivity index (χ0v) is 12.3. The Kier molecular flexibility index (Phi) is 5.08. The third kappa shape index (κ3) is 3.98. The van der Waals surface area contributed by atoms with Crippen LogP contribution in [0, 0.1) is 5.82 Å². The number of nitrogens with zero attached hydrogens (tertiary/aromatic N) is 2. The summed E-state index contributed by atoms with van der Waals surface area (Å²) in [6.07, 6.45) is -0.451. The van der Waals surface area contributed by atoms with Crippen LogP contribution in [0.1, 0.15) is 12.0 Å². The van der Waals surface area contributed by atoms with Crippen LogP contribution in [0.3, 0.4) is 0 Å². The molecule has 7 heteroatoms. The van der Waals surface area contributed by atoms with Gasteiger partial charge in [0.2, 0.25) is 5.91 Å². The van der Waals surface area contributed by atoms with Gasteiger partial charge in [-0.3, -0.25) is 9.69 Å². The summed E-state index contributed by atoms with van der Waals surface area (Å²) in [5.41, 5.74) is 0.365. The number of rotatable bonds is 5. The number of aliphatic hydroxyl groups is 1. The molecule has 0 radical (unpaired) electrons. The van der Waals surface area contributed by atoms with Gasteiger partial charge in [0.25, 0.3) is 5.92 Å². The molecule has 1 aliphatic heterocycles. The third-order valence-corrected chi connectivity index (χ3v) is 3.83. The molecule has 1 heterocycles. The molecule has 1 aromatic rings. The minimum absolute atomic E-state index is 0.0690. The van der Waals surface area contributed by atoms with Crippen molar-refractivity contribution in [3.8, 4) is 0 Å². The molecule has 0 aromatic heterocycles. The number of benzene rings is 1. The van der Waals surface area contributed by atoms with Crippen LogP contribution in [-0.4, -0.2) is 59.5 Å². The molecule has 1 aliphatic rings. The van der Waals surface area contributed by atoms with Crippen LogP contribution in [0.2, 0.25) is 0 Å². The Morgan fingerprint density at radius 1 is 1.45 bits per heavy atom. The van der Waals surface area contributed by atoms with Gasteiger partial charge in [0, 0.05) is 31.6 Å². The maximum absolute atomic E-state index is 13.6. The maximum Gasteiger partial charge on any atom is 0.262 e. The second kappa shape index (κ2) is 6.66. The van der Waals surface area contributed by atoms with E-state index in [1.54, 1.807) is 18.2 Å². The lowest BCUT2D eigenvalue weighted by atomic mass is 10.2. The molecular weight excluding hydrogens is 297 g/mol. The van der Waals surface area contributed by atoms with Crippen LogP contribution >= 0.6 is 0 Å². The summed E-state index contributed by atoms with van der Waals surface area (Å²) in [6.45, 7) is -1.11. The molecule has 1 unspecified atom stereocenters. The number of hydrogen-bond acceptors (Lipinski definition) is 3. The van der Waals surface area contributed by atoms with Gasteiger partial charge in [0.05, 0.1) is 19.7 Å². The van der Waals surface area contributed by atoms with Gasteiger partial charge in [-0.1, -0.05) is 18.2 Å². The molecule has 0 saturated carbocycles. The average molecular weight is 316 g/mol. The lowest BCUT2D eigenvalue weighted by molar-refractivity contribution is -0.132. The number of carbonyl (C=O) groups is 1. The lowest BCUT2D eigenvalue weighted by Gasteiger charge is -2.25. The monoisotopic (exact) mass is 316 g/mol. The van der Waals surface area contributed by atoms with Gasteiger partial charge in [-0.2, -0.15) is 0 Å². The van der Waals surface area contributed by atoms with Crippen molar-refractivity contribution in [2.75, 3.05) is 26.7 Å². The zero-order chi connectivity index (χ0) is 16.3. The smallest absolute Gasteiger partial charge is 0.262 e. The number of likely N-dealkylation sites (tertiary alicyclic amines) is 1. The van der Waals surface area contributed by atoms with E-state index in [2.05, 4.69) is 0 Å². The molecular formula is C15H19F3N2O2. The molecule has 1 amide bonds. The molecule has 122 valence electrons. The SMILES string of the molecule is CN(Cc1ccccc1F)C(=O)CN1CC(F)(F)CC1CO. The Balaban J connectivity index is 1.95. The molecule has 2 rings (SSSR count). The number of aliphatic hydroxyl groups excluding tert-OH is 1. The first-order valence-corrected chi connectivity index (χ1v) is 7.02. The highest BCUT2D eigenvalue weighted by atomic mass is 19.3.